The molecule has 8 aromatic rings. The number of hydrogen-bond acceptors (Lipinski definition) is 2. The first kappa shape index (κ1) is 36.0. The van der Waals surface area contributed by atoms with Crippen molar-refractivity contribution >= 4 is 44.3 Å². The molecule has 0 N–H and O–H groups in total. The number of nitrogens with zero attached hydrogens (tertiary/aromatic N) is 2. The normalized spacial score (nSPS) is 15.5. The van der Waals surface area contributed by atoms with Gasteiger partial charge in [0.1, 0.15) is 0 Å². The molecular weight excluding hydrogens is 713 g/mol. The van der Waals surface area contributed by atoms with Gasteiger partial charge in [-0.05, 0) is 156 Å². The van der Waals surface area contributed by atoms with Crippen LogP contribution in [-0.4, -0.2) is 13.1 Å². The molecule has 290 valence electrons. The van der Waals surface area contributed by atoms with Crippen LogP contribution in [-0.2, 0) is 23.7 Å². The molecule has 2 aliphatic heterocycles. The minimum atomic E-state index is -0.0974. The molecule has 59 heavy (non-hydrogen) atoms. The average Bonchev–Trinajstić information content (AvgIpc) is 3.49. The molecular formula is C57H52N2. The fourth-order valence-electron chi connectivity index (χ4n) is 10.8. The van der Waals surface area contributed by atoms with Crippen molar-refractivity contribution in [2.45, 2.75) is 71.1 Å². The van der Waals surface area contributed by atoms with Crippen LogP contribution in [0.4, 0.5) is 22.7 Å². The van der Waals surface area contributed by atoms with Gasteiger partial charge in [-0.25, -0.2) is 0 Å². The molecule has 1 aliphatic carbocycles. The van der Waals surface area contributed by atoms with E-state index in [1.165, 1.54) is 105 Å². The lowest BCUT2D eigenvalue weighted by atomic mass is 9.80. The highest BCUT2D eigenvalue weighted by atomic mass is 15.1. The number of aryl methyl sites for hydroxylation is 2. The van der Waals surface area contributed by atoms with E-state index in [0.717, 1.165) is 38.8 Å². The van der Waals surface area contributed by atoms with Crippen molar-refractivity contribution in [3.63, 3.8) is 0 Å². The third kappa shape index (κ3) is 5.75. The third-order valence-electron chi connectivity index (χ3n) is 13.8. The molecule has 8 aromatic carbocycles. The molecule has 2 nitrogen and oxygen atoms in total. The van der Waals surface area contributed by atoms with Crippen LogP contribution >= 0.6 is 0 Å². The van der Waals surface area contributed by atoms with Crippen LogP contribution in [0.15, 0.2) is 152 Å². The van der Waals surface area contributed by atoms with E-state index >= 15 is 0 Å². The summed E-state index contributed by atoms with van der Waals surface area (Å²) in [4.78, 5) is 5.12. The van der Waals surface area contributed by atoms with Gasteiger partial charge in [0.15, 0.2) is 0 Å². The second-order valence-electron chi connectivity index (χ2n) is 18.7. The third-order valence-corrected chi connectivity index (χ3v) is 13.8. The summed E-state index contributed by atoms with van der Waals surface area (Å²) in [6.45, 7) is 13.7. The maximum Gasteiger partial charge on any atom is 0.0443 e. The van der Waals surface area contributed by atoms with Gasteiger partial charge in [-0.15, -0.1) is 0 Å². The summed E-state index contributed by atoms with van der Waals surface area (Å²) in [6, 6.07) is 58.5. The highest BCUT2D eigenvalue weighted by molar-refractivity contribution is 6.22. The fourth-order valence-corrected chi connectivity index (χ4v) is 10.8. The second-order valence-corrected chi connectivity index (χ2v) is 18.7. The van der Waals surface area contributed by atoms with E-state index in [2.05, 4.69) is 196 Å². The Morgan fingerprint density at radius 1 is 0.458 bits per heavy atom. The molecule has 0 aromatic heterocycles. The van der Waals surface area contributed by atoms with Gasteiger partial charge in [0.05, 0.1) is 0 Å². The van der Waals surface area contributed by atoms with Crippen LogP contribution in [0.5, 0.6) is 0 Å². The first-order chi connectivity index (χ1) is 28.6. The molecule has 0 saturated carbocycles. The van der Waals surface area contributed by atoms with Crippen molar-refractivity contribution in [2.24, 2.45) is 0 Å². The van der Waals surface area contributed by atoms with Gasteiger partial charge in [0.25, 0.3) is 0 Å². The average molecular weight is 765 g/mol. The first-order valence-corrected chi connectivity index (χ1v) is 21.8. The summed E-state index contributed by atoms with van der Waals surface area (Å²) in [5.41, 5.74) is 20.1. The summed E-state index contributed by atoms with van der Waals surface area (Å²) >= 11 is 0. The second kappa shape index (κ2) is 13.5. The summed E-state index contributed by atoms with van der Waals surface area (Å²) in [5, 5.41) is 5.20. The van der Waals surface area contributed by atoms with Crippen LogP contribution in [0.3, 0.4) is 0 Å². The van der Waals surface area contributed by atoms with Gasteiger partial charge < -0.3 is 9.80 Å². The Kier molecular flexibility index (Phi) is 8.21. The van der Waals surface area contributed by atoms with Gasteiger partial charge in [-0.3, -0.25) is 0 Å². The molecule has 2 heterocycles. The molecule has 0 fully saturated rings. The maximum absolute atomic E-state index is 2.56. The van der Waals surface area contributed by atoms with Crippen LogP contribution in [0, 0.1) is 0 Å². The number of rotatable bonds is 4. The predicted molar refractivity (Wildman–Crippen MR) is 252 cm³/mol. The number of anilines is 4. The van der Waals surface area contributed by atoms with E-state index in [1.807, 2.05) is 0 Å². The van der Waals surface area contributed by atoms with E-state index in [0.29, 0.717) is 0 Å². The number of fused-ring (bicyclic) bond motifs is 7. The van der Waals surface area contributed by atoms with Crippen molar-refractivity contribution in [3.8, 4) is 33.4 Å². The lowest BCUT2D eigenvalue weighted by Crippen LogP contribution is -2.24. The standard InChI is InChI=1S/C57H52N2/c1-56(2,3)41-25-22-39(23-26-41)54-46-30-27-43(59-33-13-17-38-15-7-11-21-53(38)59)36-49(46)55(40-24-29-45-44-18-8-9-19-50(44)57(4,5)51(45)34-40)47-31-28-42(35-48(47)54)58-32-12-16-37-14-6-10-20-52(37)58/h6-11,14-15,18-31,34-36H,12-13,16-17,32-33H2,1-5H3. The minimum absolute atomic E-state index is 0.0714. The molecule has 2 heteroatoms. The highest BCUT2D eigenvalue weighted by Gasteiger charge is 2.36. The van der Waals surface area contributed by atoms with Crippen LogP contribution in [0.2, 0.25) is 0 Å². The lowest BCUT2D eigenvalue weighted by Gasteiger charge is -2.32. The monoisotopic (exact) mass is 764 g/mol. The molecule has 0 atom stereocenters. The quantitative estimate of drug-likeness (QED) is 0.165. The lowest BCUT2D eigenvalue weighted by molar-refractivity contribution is 0.590. The molecule has 0 radical (unpaired) electrons. The molecule has 0 amide bonds. The zero-order chi connectivity index (χ0) is 40.0. The maximum atomic E-state index is 2.56. The van der Waals surface area contributed by atoms with Crippen LogP contribution < -0.4 is 9.80 Å². The molecule has 0 saturated heterocycles. The Morgan fingerprint density at radius 3 is 1.56 bits per heavy atom. The first-order valence-electron chi connectivity index (χ1n) is 21.8. The van der Waals surface area contributed by atoms with E-state index < -0.39 is 0 Å². The van der Waals surface area contributed by atoms with Gasteiger partial charge in [0, 0.05) is 41.3 Å². The molecule has 11 rings (SSSR count). The van der Waals surface area contributed by atoms with Crippen molar-refractivity contribution < 1.29 is 0 Å². The fraction of sp³-hybridized carbons (Fsp3) is 0.228. The Labute approximate surface area is 349 Å². The molecule has 0 bridgehead atoms. The molecule has 3 aliphatic rings. The molecule has 0 spiro atoms. The minimum Gasteiger partial charge on any atom is -0.341 e. The van der Waals surface area contributed by atoms with Gasteiger partial charge in [-0.2, -0.15) is 0 Å². The summed E-state index contributed by atoms with van der Waals surface area (Å²) in [6.07, 6.45) is 4.55. The highest BCUT2D eigenvalue weighted by Crippen LogP contribution is 2.52. The predicted octanol–water partition coefficient (Wildman–Crippen LogP) is 15.1. The SMILES string of the molecule is CC(C)(C)c1ccc(-c2c3ccc(N4CCCc5ccccc54)cc3c(-c3ccc4c(c3)C(C)(C)c3ccccc3-4)c3ccc(N4CCCc5ccccc54)cc23)cc1. The molecule has 0 unspecified atom stereocenters. The van der Waals surface area contributed by atoms with Crippen molar-refractivity contribution in [2.75, 3.05) is 22.9 Å². The Morgan fingerprint density at radius 2 is 0.966 bits per heavy atom. The smallest absolute Gasteiger partial charge is 0.0443 e. The number of hydrogen-bond donors (Lipinski definition) is 0. The van der Waals surface area contributed by atoms with Gasteiger partial charge in [-0.1, -0.05) is 144 Å². The zero-order valence-corrected chi connectivity index (χ0v) is 35.1. The van der Waals surface area contributed by atoms with Crippen molar-refractivity contribution in [1.82, 2.24) is 0 Å². The summed E-state index contributed by atoms with van der Waals surface area (Å²) < 4.78 is 0. The van der Waals surface area contributed by atoms with E-state index in [-0.39, 0.29) is 10.8 Å². The van der Waals surface area contributed by atoms with Crippen LogP contribution in [0.1, 0.15) is 75.3 Å². The van der Waals surface area contributed by atoms with E-state index in [9.17, 15) is 0 Å². The number of benzene rings is 8. The van der Waals surface area contributed by atoms with Crippen LogP contribution in [0.25, 0.3) is 54.9 Å². The van der Waals surface area contributed by atoms with E-state index in [4.69, 9.17) is 0 Å². The van der Waals surface area contributed by atoms with Gasteiger partial charge >= 0.3 is 0 Å². The van der Waals surface area contributed by atoms with Gasteiger partial charge in [0.2, 0.25) is 0 Å². The van der Waals surface area contributed by atoms with Crippen molar-refractivity contribution in [3.05, 3.63) is 179 Å². The topological polar surface area (TPSA) is 6.48 Å². The summed E-state index contributed by atoms with van der Waals surface area (Å²) in [5.74, 6) is 0. The summed E-state index contributed by atoms with van der Waals surface area (Å²) in [7, 11) is 0. The Balaban J connectivity index is 1.22. The van der Waals surface area contributed by atoms with E-state index in [1.54, 1.807) is 0 Å². The Bertz CT molecular complexity index is 2960. The number of para-hydroxylation sites is 2. The Hall–Kier alpha value is -6.12. The zero-order valence-electron chi connectivity index (χ0n) is 35.1. The van der Waals surface area contributed by atoms with Crippen molar-refractivity contribution in [1.29, 1.82) is 0 Å². The largest absolute Gasteiger partial charge is 0.341 e.